The topological polar surface area (TPSA) is 50.7 Å². The molecule has 0 aliphatic carbocycles. The highest BCUT2D eigenvalue weighted by atomic mass is 32.1. The molecule has 0 saturated carbocycles. The zero-order valence-corrected chi connectivity index (χ0v) is 12.2. The van der Waals surface area contributed by atoms with Crippen molar-refractivity contribution in [3.05, 3.63) is 22.4 Å². The van der Waals surface area contributed by atoms with Crippen molar-refractivity contribution in [1.82, 2.24) is 5.32 Å². The molecule has 1 aliphatic heterocycles. The Bertz CT molecular complexity index is 338. The number of aliphatic hydroxyl groups excluding tert-OH is 1. The molecule has 2 heterocycles. The lowest BCUT2D eigenvalue weighted by molar-refractivity contribution is -0.0168. The molecule has 1 fully saturated rings. The Labute approximate surface area is 118 Å². The molecule has 0 radical (unpaired) electrons. The van der Waals surface area contributed by atoms with Crippen LogP contribution < -0.4 is 5.32 Å². The van der Waals surface area contributed by atoms with Crippen LogP contribution in [0, 0.1) is 0 Å². The summed E-state index contributed by atoms with van der Waals surface area (Å²) in [5.74, 6) is 0. The first kappa shape index (κ1) is 14.9. The Hall–Kier alpha value is -0.460. The maximum atomic E-state index is 9.84. The van der Waals surface area contributed by atoms with Gasteiger partial charge in [0.2, 0.25) is 0 Å². The highest BCUT2D eigenvalue weighted by Gasteiger charge is 2.16. The van der Waals surface area contributed by atoms with E-state index in [-0.39, 0.29) is 12.1 Å². The van der Waals surface area contributed by atoms with Gasteiger partial charge in [-0.15, -0.1) is 11.3 Å². The van der Waals surface area contributed by atoms with Gasteiger partial charge in [0.15, 0.2) is 0 Å². The van der Waals surface area contributed by atoms with E-state index in [0.29, 0.717) is 19.8 Å². The van der Waals surface area contributed by atoms with Crippen molar-refractivity contribution in [2.75, 3.05) is 26.4 Å². The first-order chi connectivity index (χ1) is 9.25. The number of nitrogens with one attached hydrogen (secondary N) is 1. The predicted molar refractivity (Wildman–Crippen MR) is 76.5 cm³/mol. The van der Waals surface area contributed by atoms with Crippen molar-refractivity contribution in [3.63, 3.8) is 0 Å². The van der Waals surface area contributed by atoms with Crippen molar-refractivity contribution in [3.8, 4) is 0 Å². The molecule has 2 rings (SSSR count). The van der Waals surface area contributed by atoms with E-state index in [1.807, 2.05) is 6.07 Å². The van der Waals surface area contributed by atoms with E-state index in [1.165, 1.54) is 4.88 Å². The molecule has 3 atom stereocenters. The lowest BCUT2D eigenvalue weighted by Crippen LogP contribution is -2.32. The summed E-state index contributed by atoms with van der Waals surface area (Å²) in [5, 5.41) is 15.2. The van der Waals surface area contributed by atoms with Crippen LogP contribution in [0.2, 0.25) is 0 Å². The van der Waals surface area contributed by atoms with Gasteiger partial charge in [-0.2, -0.15) is 0 Å². The van der Waals surface area contributed by atoms with Gasteiger partial charge in [0, 0.05) is 24.1 Å². The maximum absolute atomic E-state index is 9.84. The Morgan fingerprint density at radius 1 is 1.63 bits per heavy atom. The monoisotopic (exact) mass is 285 g/mol. The Kier molecular flexibility index (Phi) is 6.26. The van der Waals surface area contributed by atoms with Crippen LogP contribution in [0.4, 0.5) is 0 Å². The minimum atomic E-state index is -0.469. The van der Waals surface area contributed by atoms with Crippen molar-refractivity contribution >= 4 is 11.3 Å². The van der Waals surface area contributed by atoms with Gasteiger partial charge in [-0.1, -0.05) is 6.07 Å². The van der Waals surface area contributed by atoms with Gasteiger partial charge in [-0.05, 0) is 31.2 Å². The van der Waals surface area contributed by atoms with Crippen molar-refractivity contribution in [2.45, 2.75) is 38.0 Å². The largest absolute Gasteiger partial charge is 0.389 e. The van der Waals surface area contributed by atoms with E-state index in [4.69, 9.17) is 9.47 Å². The van der Waals surface area contributed by atoms with E-state index in [1.54, 1.807) is 11.3 Å². The minimum Gasteiger partial charge on any atom is -0.389 e. The molecule has 0 bridgehead atoms. The van der Waals surface area contributed by atoms with Crippen molar-refractivity contribution in [1.29, 1.82) is 0 Å². The average Bonchev–Trinajstić information content (AvgIpc) is 3.08. The van der Waals surface area contributed by atoms with Crippen LogP contribution in [0.25, 0.3) is 0 Å². The molecule has 0 aromatic carbocycles. The molecule has 19 heavy (non-hydrogen) atoms. The standard InChI is InChI=1S/C14H23NO3S/c1-11(14-5-3-7-19-14)15-8-12(16)9-17-10-13-4-2-6-18-13/h3,5,7,11-13,15-16H,2,4,6,8-10H2,1H3/t11-,12?,13?/m0/s1. The number of thiophene rings is 1. The van der Waals surface area contributed by atoms with Crippen LogP contribution >= 0.6 is 11.3 Å². The van der Waals surface area contributed by atoms with Crippen LogP contribution in [0.5, 0.6) is 0 Å². The summed E-state index contributed by atoms with van der Waals surface area (Å²) < 4.78 is 11.0. The number of rotatable bonds is 8. The summed E-state index contributed by atoms with van der Waals surface area (Å²) in [7, 11) is 0. The molecule has 0 spiro atoms. The lowest BCUT2D eigenvalue weighted by Gasteiger charge is -2.17. The summed E-state index contributed by atoms with van der Waals surface area (Å²) in [6.45, 7) is 4.45. The Morgan fingerprint density at radius 2 is 2.53 bits per heavy atom. The Balaban J connectivity index is 1.55. The normalized spacial score (nSPS) is 22.5. The maximum Gasteiger partial charge on any atom is 0.0897 e. The average molecular weight is 285 g/mol. The number of hydrogen-bond donors (Lipinski definition) is 2. The first-order valence-electron chi connectivity index (χ1n) is 6.90. The summed E-state index contributed by atoms with van der Waals surface area (Å²) in [6, 6.07) is 4.41. The quantitative estimate of drug-likeness (QED) is 0.766. The van der Waals surface area contributed by atoms with Gasteiger partial charge >= 0.3 is 0 Å². The molecular formula is C14H23NO3S. The molecule has 2 unspecified atom stereocenters. The van der Waals surface area contributed by atoms with Crippen LogP contribution in [0.1, 0.15) is 30.7 Å². The van der Waals surface area contributed by atoms with Gasteiger partial charge < -0.3 is 19.9 Å². The van der Waals surface area contributed by atoms with Gasteiger partial charge in [0.05, 0.1) is 25.4 Å². The zero-order valence-electron chi connectivity index (χ0n) is 11.4. The summed E-state index contributed by atoms with van der Waals surface area (Å²) >= 11 is 1.73. The molecule has 1 aromatic heterocycles. The molecule has 1 aliphatic rings. The van der Waals surface area contributed by atoms with Crippen LogP contribution in [-0.2, 0) is 9.47 Å². The molecule has 4 nitrogen and oxygen atoms in total. The van der Waals surface area contributed by atoms with Gasteiger partial charge in [0.25, 0.3) is 0 Å². The van der Waals surface area contributed by atoms with Gasteiger partial charge in [-0.3, -0.25) is 0 Å². The zero-order chi connectivity index (χ0) is 13.5. The lowest BCUT2D eigenvalue weighted by atomic mass is 10.2. The highest BCUT2D eigenvalue weighted by Crippen LogP contribution is 2.17. The van der Waals surface area contributed by atoms with Crippen molar-refractivity contribution in [2.24, 2.45) is 0 Å². The fourth-order valence-electron chi connectivity index (χ4n) is 2.12. The van der Waals surface area contributed by atoms with E-state index in [9.17, 15) is 5.11 Å². The second kappa shape index (κ2) is 7.97. The van der Waals surface area contributed by atoms with Crippen LogP contribution in [-0.4, -0.2) is 43.7 Å². The van der Waals surface area contributed by atoms with Gasteiger partial charge in [-0.25, -0.2) is 0 Å². The fraction of sp³-hybridized carbons (Fsp3) is 0.714. The third-order valence-electron chi connectivity index (χ3n) is 3.27. The van der Waals surface area contributed by atoms with E-state index in [0.717, 1.165) is 19.4 Å². The van der Waals surface area contributed by atoms with Crippen LogP contribution in [0.15, 0.2) is 17.5 Å². The molecule has 1 aromatic rings. The molecule has 108 valence electrons. The number of aliphatic hydroxyl groups is 1. The van der Waals surface area contributed by atoms with E-state index < -0.39 is 6.10 Å². The molecule has 0 amide bonds. The van der Waals surface area contributed by atoms with Gasteiger partial charge in [0.1, 0.15) is 0 Å². The third kappa shape index (κ3) is 5.20. The Morgan fingerprint density at radius 3 is 3.21 bits per heavy atom. The van der Waals surface area contributed by atoms with E-state index >= 15 is 0 Å². The number of ether oxygens (including phenoxy) is 2. The second-order valence-corrected chi connectivity index (χ2v) is 5.95. The minimum absolute atomic E-state index is 0.227. The smallest absolute Gasteiger partial charge is 0.0897 e. The third-order valence-corrected chi connectivity index (χ3v) is 4.32. The number of hydrogen-bond acceptors (Lipinski definition) is 5. The molecule has 1 saturated heterocycles. The summed E-state index contributed by atoms with van der Waals surface area (Å²) in [4.78, 5) is 1.28. The second-order valence-electron chi connectivity index (χ2n) is 4.97. The van der Waals surface area contributed by atoms with Crippen LogP contribution in [0.3, 0.4) is 0 Å². The fourth-order valence-corrected chi connectivity index (χ4v) is 2.88. The van der Waals surface area contributed by atoms with Crippen molar-refractivity contribution < 1.29 is 14.6 Å². The molecular weight excluding hydrogens is 262 g/mol. The first-order valence-corrected chi connectivity index (χ1v) is 7.78. The molecule has 5 heteroatoms. The summed E-state index contributed by atoms with van der Waals surface area (Å²) in [6.07, 6.45) is 1.95. The predicted octanol–water partition coefficient (Wildman–Crippen LogP) is 1.96. The SMILES string of the molecule is C[C@H](NCC(O)COCC1CCCO1)c1cccs1. The highest BCUT2D eigenvalue weighted by molar-refractivity contribution is 7.10. The van der Waals surface area contributed by atoms with E-state index in [2.05, 4.69) is 23.7 Å². The summed E-state index contributed by atoms with van der Waals surface area (Å²) in [5.41, 5.74) is 0. The molecule has 2 N–H and O–H groups in total.